The Labute approximate surface area is 308 Å². The second-order valence-corrected chi connectivity index (χ2v) is 14.2. The van der Waals surface area contributed by atoms with E-state index in [1.165, 1.54) is 24.6 Å². The maximum Gasteiger partial charge on any atom is 0.293 e. The second-order valence-electron chi connectivity index (χ2n) is 14.2. The number of aromatic nitrogens is 5. The van der Waals surface area contributed by atoms with Gasteiger partial charge in [0, 0.05) is 41.1 Å². The first-order valence-corrected chi connectivity index (χ1v) is 17.2. The molecule has 3 aromatic heterocycles. The van der Waals surface area contributed by atoms with E-state index in [0.717, 1.165) is 12.1 Å². The molecular formula is C38H33F8N7O2. The van der Waals surface area contributed by atoms with E-state index in [2.05, 4.69) is 32.7 Å². The van der Waals surface area contributed by atoms with E-state index < -0.39 is 84.3 Å². The van der Waals surface area contributed by atoms with Gasteiger partial charge in [-0.2, -0.15) is 19.0 Å². The summed E-state index contributed by atoms with van der Waals surface area (Å²) in [5, 5.41) is 24.2. The van der Waals surface area contributed by atoms with Crippen molar-refractivity contribution >= 4 is 22.6 Å². The molecule has 2 aliphatic rings. The van der Waals surface area contributed by atoms with Crippen LogP contribution in [0.2, 0.25) is 0 Å². The molecule has 3 N–H and O–H groups in total. The maximum absolute atomic E-state index is 15.3. The van der Waals surface area contributed by atoms with E-state index in [1.807, 2.05) is 0 Å². The van der Waals surface area contributed by atoms with Gasteiger partial charge in [0.25, 0.3) is 18.8 Å². The van der Waals surface area contributed by atoms with Crippen LogP contribution < -0.4 is 10.6 Å². The number of fused-ring (bicyclic) bond motifs is 4. The van der Waals surface area contributed by atoms with Crippen molar-refractivity contribution in [2.24, 2.45) is 13.0 Å². The third-order valence-corrected chi connectivity index (χ3v) is 9.49. The highest BCUT2D eigenvalue weighted by Crippen LogP contribution is 2.68. The number of aryl methyl sites for hydroxylation is 1. The molecule has 5 aromatic rings. The van der Waals surface area contributed by atoms with Crippen molar-refractivity contribution in [3.05, 3.63) is 94.1 Å². The van der Waals surface area contributed by atoms with Crippen LogP contribution >= 0.6 is 0 Å². The molecule has 2 aromatic carbocycles. The maximum atomic E-state index is 15.3. The average Bonchev–Trinajstić information content (AvgIpc) is 3.64. The molecular weight excluding hydrogens is 738 g/mol. The van der Waals surface area contributed by atoms with Gasteiger partial charge in [-0.25, -0.2) is 31.3 Å². The number of para-hydroxylation sites is 1. The number of hydrogen-bond donors (Lipinski definition) is 3. The van der Waals surface area contributed by atoms with E-state index in [1.54, 1.807) is 31.3 Å². The Balaban J connectivity index is 1.35. The number of rotatable bonds is 11. The topological polar surface area (TPSA) is 110 Å². The lowest BCUT2D eigenvalue weighted by molar-refractivity contribution is -0.123. The number of halogens is 8. The van der Waals surface area contributed by atoms with Gasteiger partial charge in [0.15, 0.2) is 5.82 Å². The van der Waals surface area contributed by atoms with E-state index in [-0.39, 0.29) is 41.2 Å². The van der Waals surface area contributed by atoms with Crippen LogP contribution in [0.1, 0.15) is 72.6 Å². The number of carbonyl (C=O) groups excluding carboxylic acids is 1. The molecule has 2 aliphatic carbocycles. The fourth-order valence-corrected chi connectivity index (χ4v) is 7.25. The standard InChI is InChI=1S/C38H33F8N7O2/c1-37(2,55)10-9-21-7-8-22(23-5-4-6-24-33(23)52(3)51-36(24)47-16-28(41)42)31(48-21)27(13-18-11-19(39)14-20(40)12-18)49-29(54)17-53-34-30(32(50-53)35(43)44)25-15-26(25)38(34,45)46/h4-8,11-12,14,25-28,35,55H,13,15-17H2,1-3H3,(H,47,51)(H,49,54)/t25-,26+,27?/m0/s1. The summed E-state index contributed by atoms with van der Waals surface area (Å²) in [4.78, 5) is 18.6. The number of amides is 1. The van der Waals surface area contributed by atoms with Gasteiger partial charge in [-0.05, 0) is 74.4 Å². The van der Waals surface area contributed by atoms with Crippen LogP contribution in [0.4, 0.5) is 40.9 Å². The first-order chi connectivity index (χ1) is 25.9. The van der Waals surface area contributed by atoms with Crippen molar-refractivity contribution in [1.82, 2.24) is 29.9 Å². The van der Waals surface area contributed by atoms with Crippen molar-refractivity contribution in [1.29, 1.82) is 0 Å². The summed E-state index contributed by atoms with van der Waals surface area (Å²) in [6, 6.07) is 9.53. The Morgan fingerprint density at radius 2 is 1.76 bits per heavy atom. The summed E-state index contributed by atoms with van der Waals surface area (Å²) in [6.07, 6.45) is -6.12. The van der Waals surface area contributed by atoms with Crippen molar-refractivity contribution in [3.63, 3.8) is 0 Å². The Morgan fingerprint density at radius 1 is 1.04 bits per heavy atom. The quantitative estimate of drug-likeness (QED) is 0.0973. The normalized spacial score (nSPS) is 17.6. The smallest absolute Gasteiger partial charge is 0.293 e. The zero-order valence-electron chi connectivity index (χ0n) is 29.4. The predicted molar refractivity (Wildman–Crippen MR) is 184 cm³/mol. The molecule has 1 saturated carbocycles. The monoisotopic (exact) mass is 771 g/mol. The third kappa shape index (κ3) is 7.47. The van der Waals surface area contributed by atoms with Crippen LogP contribution in [0.5, 0.6) is 0 Å². The number of hydrogen-bond acceptors (Lipinski definition) is 6. The predicted octanol–water partition coefficient (Wildman–Crippen LogP) is 7.16. The van der Waals surface area contributed by atoms with E-state index in [4.69, 9.17) is 4.98 Å². The minimum absolute atomic E-state index is 0.0260. The zero-order chi connectivity index (χ0) is 39.6. The SMILES string of the molecule is Cn1nc(NCC(F)F)c2cccc(-c3ccc(C#CC(C)(C)O)nc3C(Cc3cc(F)cc(F)c3)NC(=O)Cn3nc(C(F)F)c4c3C(F)(F)[C@@H]3C[C@H]43)c21. The number of nitrogens with zero attached hydrogens (tertiary/aromatic N) is 5. The number of alkyl halides is 6. The molecule has 0 saturated heterocycles. The Hall–Kier alpha value is -5.50. The number of benzene rings is 2. The van der Waals surface area contributed by atoms with Crippen LogP contribution in [-0.2, 0) is 30.7 Å². The van der Waals surface area contributed by atoms with Gasteiger partial charge in [0.05, 0.1) is 23.8 Å². The van der Waals surface area contributed by atoms with Gasteiger partial charge >= 0.3 is 0 Å². The fourth-order valence-electron chi connectivity index (χ4n) is 7.25. The van der Waals surface area contributed by atoms with Crippen molar-refractivity contribution in [3.8, 4) is 23.0 Å². The van der Waals surface area contributed by atoms with E-state index in [9.17, 15) is 36.2 Å². The largest absolute Gasteiger partial charge is 0.378 e. The number of carbonyl (C=O) groups is 1. The molecule has 1 unspecified atom stereocenters. The van der Waals surface area contributed by atoms with Gasteiger partial charge in [-0.15, -0.1) is 0 Å². The average molecular weight is 772 g/mol. The molecule has 288 valence electrons. The summed E-state index contributed by atoms with van der Waals surface area (Å²) in [6.45, 7) is 1.31. The minimum Gasteiger partial charge on any atom is -0.378 e. The molecule has 0 radical (unpaired) electrons. The molecule has 17 heteroatoms. The summed E-state index contributed by atoms with van der Waals surface area (Å²) in [5.74, 6) is -2.68. The summed E-state index contributed by atoms with van der Waals surface area (Å²) < 4.78 is 116. The number of pyridine rings is 1. The van der Waals surface area contributed by atoms with Crippen LogP contribution in [0.15, 0.2) is 48.5 Å². The van der Waals surface area contributed by atoms with Crippen molar-refractivity contribution in [2.75, 3.05) is 11.9 Å². The highest BCUT2D eigenvalue weighted by molar-refractivity contribution is 6.00. The van der Waals surface area contributed by atoms with Crippen LogP contribution in [0.25, 0.3) is 22.0 Å². The first kappa shape index (κ1) is 37.8. The fraction of sp³-hybridized carbons (Fsp3) is 0.368. The summed E-state index contributed by atoms with van der Waals surface area (Å²) in [5.41, 5.74) is -1.79. The molecule has 1 amide bonds. The van der Waals surface area contributed by atoms with Crippen molar-refractivity contribution < 1.29 is 45.0 Å². The molecule has 3 atom stereocenters. The molecule has 0 aliphatic heterocycles. The zero-order valence-corrected chi connectivity index (χ0v) is 29.4. The number of anilines is 1. The van der Waals surface area contributed by atoms with Gasteiger partial charge in [-0.1, -0.05) is 18.1 Å². The van der Waals surface area contributed by atoms with Gasteiger partial charge in [-0.3, -0.25) is 14.2 Å². The lowest BCUT2D eigenvalue weighted by Crippen LogP contribution is -2.35. The van der Waals surface area contributed by atoms with Crippen LogP contribution in [-0.4, -0.2) is 54.1 Å². The Bertz CT molecular complexity index is 2350. The van der Waals surface area contributed by atoms with E-state index in [0.29, 0.717) is 32.8 Å². The van der Waals surface area contributed by atoms with Crippen LogP contribution in [0.3, 0.4) is 0 Å². The molecule has 3 heterocycles. The van der Waals surface area contributed by atoms with Gasteiger partial charge in [0.2, 0.25) is 5.91 Å². The van der Waals surface area contributed by atoms with E-state index >= 15 is 8.78 Å². The van der Waals surface area contributed by atoms with Crippen molar-refractivity contribution in [2.45, 2.75) is 69.6 Å². The van der Waals surface area contributed by atoms with Gasteiger partial charge < -0.3 is 15.7 Å². The lowest BCUT2D eigenvalue weighted by Gasteiger charge is -2.23. The molecule has 0 spiro atoms. The first-order valence-electron chi connectivity index (χ1n) is 17.2. The lowest BCUT2D eigenvalue weighted by atomic mass is 9.93. The summed E-state index contributed by atoms with van der Waals surface area (Å²) >= 11 is 0. The molecule has 55 heavy (non-hydrogen) atoms. The highest BCUT2D eigenvalue weighted by Gasteiger charge is 2.67. The number of nitrogens with one attached hydrogen (secondary N) is 2. The molecule has 1 fully saturated rings. The van der Waals surface area contributed by atoms with Gasteiger partial charge in [0.1, 0.15) is 40.9 Å². The molecule has 9 nitrogen and oxygen atoms in total. The Morgan fingerprint density at radius 3 is 2.44 bits per heavy atom. The molecule has 7 rings (SSSR count). The molecule has 0 bridgehead atoms. The summed E-state index contributed by atoms with van der Waals surface area (Å²) in [7, 11) is 1.58. The second kappa shape index (κ2) is 14.0. The number of aliphatic hydroxyl groups is 1. The highest BCUT2D eigenvalue weighted by atomic mass is 19.3. The minimum atomic E-state index is -3.49. The van der Waals surface area contributed by atoms with Crippen LogP contribution in [0, 0.1) is 29.4 Å². The Kier molecular flexibility index (Phi) is 9.60. The third-order valence-electron chi connectivity index (χ3n) is 9.49.